The molecule has 0 saturated carbocycles. The van der Waals surface area contributed by atoms with E-state index in [1.165, 1.54) is 0 Å². The van der Waals surface area contributed by atoms with Gasteiger partial charge in [0.1, 0.15) is 5.76 Å². The van der Waals surface area contributed by atoms with Crippen molar-refractivity contribution in [1.82, 2.24) is 5.16 Å². The second-order valence-electron chi connectivity index (χ2n) is 4.38. The third-order valence-corrected chi connectivity index (χ3v) is 2.00. The van der Waals surface area contributed by atoms with Gasteiger partial charge in [-0.2, -0.15) is 0 Å². The molecule has 0 unspecified atom stereocenters. The number of nitrogens with two attached hydrogens (primary N) is 1. The zero-order chi connectivity index (χ0) is 10.1. The van der Waals surface area contributed by atoms with Crippen molar-refractivity contribution in [2.24, 2.45) is 0 Å². The molecular formula is C10H18N2O. The van der Waals surface area contributed by atoms with Crippen LogP contribution in [0.25, 0.3) is 0 Å². The highest BCUT2D eigenvalue weighted by Crippen LogP contribution is 2.29. The zero-order valence-electron chi connectivity index (χ0n) is 8.85. The summed E-state index contributed by atoms with van der Waals surface area (Å²) in [4.78, 5) is 0. The predicted octanol–water partition coefficient (Wildman–Crippen LogP) is 2.51. The summed E-state index contributed by atoms with van der Waals surface area (Å²) in [6.45, 7) is 8.43. The Morgan fingerprint density at radius 1 is 1.38 bits per heavy atom. The molecule has 0 saturated heterocycles. The first-order valence-corrected chi connectivity index (χ1v) is 4.71. The summed E-state index contributed by atoms with van der Waals surface area (Å²) in [6.07, 6.45) is 2.01. The van der Waals surface area contributed by atoms with Crippen molar-refractivity contribution < 1.29 is 4.52 Å². The van der Waals surface area contributed by atoms with Crippen LogP contribution in [0.15, 0.2) is 4.52 Å². The van der Waals surface area contributed by atoms with E-state index in [1.54, 1.807) is 0 Å². The lowest BCUT2D eigenvalue weighted by atomic mass is 9.89. The number of rotatable bonds is 2. The van der Waals surface area contributed by atoms with Crippen LogP contribution in [0.5, 0.6) is 0 Å². The molecule has 1 heterocycles. The average Bonchev–Trinajstić information content (AvgIpc) is 2.32. The standard InChI is InChI=1S/C10H18N2O/c1-5-6-7-8(10(2,3)4)13-12-9(7)11/h5-6H2,1-4H3,(H2,11,12). The molecule has 3 nitrogen and oxygen atoms in total. The van der Waals surface area contributed by atoms with Crippen LogP contribution < -0.4 is 5.73 Å². The molecule has 1 aromatic heterocycles. The fourth-order valence-electron chi connectivity index (χ4n) is 1.40. The predicted molar refractivity (Wildman–Crippen MR) is 53.6 cm³/mol. The van der Waals surface area contributed by atoms with Gasteiger partial charge in [0.25, 0.3) is 0 Å². The Kier molecular flexibility index (Phi) is 2.64. The Bertz CT molecular complexity index is 284. The zero-order valence-corrected chi connectivity index (χ0v) is 8.85. The minimum Gasteiger partial charge on any atom is -0.381 e. The average molecular weight is 182 g/mol. The molecule has 0 aliphatic rings. The molecule has 13 heavy (non-hydrogen) atoms. The maximum absolute atomic E-state index is 5.72. The van der Waals surface area contributed by atoms with E-state index < -0.39 is 0 Å². The van der Waals surface area contributed by atoms with Crippen LogP contribution in [0.4, 0.5) is 5.82 Å². The third-order valence-electron chi connectivity index (χ3n) is 2.00. The summed E-state index contributed by atoms with van der Waals surface area (Å²) in [5.74, 6) is 1.47. The van der Waals surface area contributed by atoms with Crippen LogP contribution in [0.3, 0.4) is 0 Å². The van der Waals surface area contributed by atoms with Crippen LogP contribution in [-0.4, -0.2) is 5.16 Å². The van der Waals surface area contributed by atoms with Gasteiger partial charge in [0, 0.05) is 11.0 Å². The molecule has 0 aliphatic heterocycles. The number of anilines is 1. The van der Waals surface area contributed by atoms with Gasteiger partial charge in [0.15, 0.2) is 5.82 Å². The lowest BCUT2D eigenvalue weighted by Gasteiger charge is -2.15. The third kappa shape index (κ3) is 2.02. The van der Waals surface area contributed by atoms with Crippen LogP contribution in [0, 0.1) is 0 Å². The number of nitrogens with zero attached hydrogens (tertiary/aromatic N) is 1. The van der Waals surface area contributed by atoms with E-state index in [4.69, 9.17) is 10.3 Å². The lowest BCUT2D eigenvalue weighted by molar-refractivity contribution is 0.328. The smallest absolute Gasteiger partial charge is 0.170 e. The maximum atomic E-state index is 5.72. The van der Waals surface area contributed by atoms with Crippen molar-refractivity contribution in [1.29, 1.82) is 0 Å². The van der Waals surface area contributed by atoms with Gasteiger partial charge in [-0.1, -0.05) is 39.3 Å². The highest BCUT2D eigenvalue weighted by Gasteiger charge is 2.24. The molecule has 1 rings (SSSR count). The van der Waals surface area contributed by atoms with Gasteiger partial charge in [0.05, 0.1) is 0 Å². The summed E-state index contributed by atoms with van der Waals surface area (Å²) >= 11 is 0. The molecule has 0 bridgehead atoms. The van der Waals surface area contributed by atoms with Crippen LogP contribution in [0.2, 0.25) is 0 Å². The molecule has 0 fully saturated rings. The highest BCUT2D eigenvalue weighted by molar-refractivity contribution is 5.42. The SMILES string of the molecule is CCCc1c(N)noc1C(C)(C)C. The van der Waals surface area contributed by atoms with Gasteiger partial charge in [-0.05, 0) is 6.42 Å². The van der Waals surface area contributed by atoms with Crippen molar-refractivity contribution >= 4 is 5.82 Å². The van der Waals surface area contributed by atoms with Crippen molar-refractivity contribution in [2.45, 2.75) is 46.0 Å². The van der Waals surface area contributed by atoms with E-state index in [2.05, 4.69) is 32.9 Å². The van der Waals surface area contributed by atoms with Gasteiger partial charge in [-0.25, -0.2) is 0 Å². The van der Waals surface area contributed by atoms with Crippen LogP contribution in [-0.2, 0) is 11.8 Å². The van der Waals surface area contributed by atoms with Gasteiger partial charge < -0.3 is 10.3 Å². The molecule has 1 aromatic rings. The van der Waals surface area contributed by atoms with E-state index in [0.29, 0.717) is 5.82 Å². The minimum atomic E-state index is -0.00484. The first kappa shape index (κ1) is 10.1. The van der Waals surface area contributed by atoms with Gasteiger partial charge >= 0.3 is 0 Å². The molecule has 2 N–H and O–H groups in total. The molecule has 3 heteroatoms. The summed E-state index contributed by atoms with van der Waals surface area (Å²) < 4.78 is 5.24. The van der Waals surface area contributed by atoms with E-state index in [-0.39, 0.29) is 5.41 Å². The number of hydrogen-bond acceptors (Lipinski definition) is 3. The molecular weight excluding hydrogens is 164 g/mol. The highest BCUT2D eigenvalue weighted by atomic mass is 16.5. The minimum absolute atomic E-state index is 0.00484. The molecule has 0 aromatic carbocycles. The van der Waals surface area contributed by atoms with Gasteiger partial charge in [-0.15, -0.1) is 0 Å². The number of aromatic nitrogens is 1. The Morgan fingerprint density at radius 3 is 2.46 bits per heavy atom. The molecule has 0 atom stereocenters. The Balaban J connectivity index is 3.07. The first-order chi connectivity index (χ1) is 5.96. The summed E-state index contributed by atoms with van der Waals surface area (Å²) in [5.41, 5.74) is 6.79. The van der Waals surface area contributed by atoms with E-state index in [0.717, 1.165) is 24.2 Å². The number of nitrogen functional groups attached to an aromatic ring is 1. The van der Waals surface area contributed by atoms with Crippen LogP contribution in [0.1, 0.15) is 45.4 Å². The van der Waals surface area contributed by atoms with E-state index >= 15 is 0 Å². The quantitative estimate of drug-likeness (QED) is 0.764. The fourth-order valence-corrected chi connectivity index (χ4v) is 1.40. The topological polar surface area (TPSA) is 52.0 Å². The van der Waals surface area contributed by atoms with Crippen molar-refractivity contribution in [3.8, 4) is 0 Å². The first-order valence-electron chi connectivity index (χ1n) is 4.71. The maximum Gasteiger partial charge on any atom is 0.170 e. The Hall–Kier alpha value is -0.990. The second-order valence-corrected chi connectivity index (χ2v) is 4.38. The van der Waals surface area contributed by atoms with Crippen molar-refractivity contribution in [2.75, 3.05) is 5.73 Å². The fraction of sp³-hybridized carbons (Fsp3) is 0.700. The van der Waals surface area contributed by atoms with Crippen LogP contribution >= 0.6 is 0 Å². The monoisotopic (exact) mass is 182 g/mol. The normalized spacial score (nSPS) is 12.0. The molecule has 74 valence electrons. The Morgan fingerprint density at radius 2 is 2.00 bits per heavy atom. The summed E-state index contributed by atoms with van der Waals surface area (Å²) in [6, 6.07) is 0. The molecule has 0 aliphatic carbocycles. The van der Waals surface area contributed by atoms with Crippen molar-refractivity contribution in [3.63, 3.8) is 0 Å². The number of hydrogen-bond donors (Lipinski definition) is 1. The van der Waals surface area contributed by atoms with Gasteiger partial charge in [-0.3, -0.25) is 0 Å². The van der Waals surface area contributed by atoms with E-state index in [1.807, 2.05) is 0 Å². The lowest BCUT2D eigenvalue weighted by Crippen LogP contribution is -2.12. The summed E-state index contributed by atoms with van der Waals surface area (Å²) in [5, 5.41) is 3.80. The summed E-state index contributed by atoms with van der Waals surface area (Å²) in [7, 11) is 0. The molecule has 0 radical (unpaired) electrons. The molecule has 0 spiro atoms. The largest absolute Gasteiger partial charge is 0.381 e. The Labute approximate surface area is 79.3 Å². The second kappa shape index (κ2) is 3.40. The van der Waals surface area contributed by atoms with Crippen molar-refractivity contribution in [3.05, 3.63) is 11.3 Å². The van der Waals surface area contributed by atoms with E-state index in [9.17, 15) is 0 Å². The van der Waals surface area contributed by atoms with Gasteiger partial charge in [0.2, 0.25) is 0 Å². The molecule has 0 amide bonds.